The van der Waals surface area contributed by atoms with E-state index >= 15 is 0 Å². The summed E-state index contributed by atoms with van der Waals surface area (Å²) in [5, 5.41) is 14.8. The Labute approximate surface area is 201 Å². The van der Waals surface area contributed by atoms with Crippen LogP contribution in [0, 0.1) is 6.92 Å². The van der Waals surface area contributed by atoms with Crippen molar-refractivity contribution in [2.24, 2.45) is 0 Å². The fraction of sp³-hybridized carbons (Fsp3) is 0.280. The van der Waals surface area contributed by atoms with Gasteiger partial charge in [-0.05, 0) is 31.0 Å². The van der Waals surface area contributed by atoms with Crippen LogP contribution < -0.4 is 15.4 Å². The van der Waals surface area contributed by atoms with Crippen LogP contribution in [0.2, 0.25) is 0 Å². The molecule has 2 atom stereocenters. The lowest BCUT2D eigenvalue weighted by Gasteiger charge is -2.33. The summed E-state index contributed by atoms with van der Waals surface area (Å²) in [6.07, 6.45) is -0.0507. The first kappa shape index (κ1) is 21.2. The van der Waals surface area contributed by atoms with Crippen molar-refractivity contribution in [1.82, 2.24) is 24.6 Å². The van der Waals surface area contributed by atoms with Crippen LogP contribution in [-0.2, 0) is 6.61 Å². The number of nitrogens with two attached hydrogens (primary N) is 1. The number of benzene rings is 2. The van der Waals surface area contributed by atoms with E-state index in [9.17, 15) is 9.90 Å². The minimum Gasteiger partial charge on any atom is -0.489 e. The third kappa shape index (κ3) is 3.76. The van der Waals surface area contributed by atoms with E-state index < -0.39 is 6.09 Å². The predicted molar refractivity (Wildman–Crippen MR) is 131 cm³/mol. The van der Waals surface area contributed by atoms with Crippen molar-refractivity contribution in [2.75, 3.05) is 23.7 Å². The molecular formula is C25H25N7O3. The Bertz CT molecular complexity index is 1420. The molecule has 1 amide bonds. The summed E-state index contributed by atoms with van der Waals surface area (Å²) in [4.78, 5) is 24.4. The van der Waals surface area contributed by atoms with E-state index in [0.717, 1.165) is 28.7 Å². The number of nitrogen functional groups attached to an aromatic ring is 1. The molecule has 2 aromatic heterocycles. The van der Waals surface area contributed by atoms with E-state index in [-0.39, 0.29) is 12.1 Å². The number of hydrogen-bond donors (Lipinski definition) is 2. The van der Waals surface area contributed by atoms with Gasteiger partial charge in [0, 0.05) is 30.6 Å². The Kier molecular flexibility index (Phi) is 4.94. The molecule has 2 bridgehead atoms. The molecule has 0 radical (unpaired) electrons. The molecule has 0 saturated carbocycles. The van der Waals surface area contributed by atoms with Crippen molar-refractivity contribution in [2.45, 2.75) is 32.0 Å². The number of carboxylic acid groups (broad SMARTS) is 1. The molecule has 6 rings (SSSR count). The lowest BCUT2D eigenvalue weighted by atomic mass is 10.2. The lowest BCUT2D eigenvalue weighted by molar-refractivity contribution is 0.137. The number of anilines is 2. The van der Waals surface area contributed by atoms with Crippen molar-refractivity contribution < 1.29 is 14.6 Å². The van der Waals surface area contributed by atoms with Crippen LogP contribution in [0.5, 0.6) is 5.75 Å². The highest BCUT2D eigenvalue weighted by Crippen LogP contribution is 2.35. The first-order chi connectivity index (χ1) is 17.0. The number of piperazine rings is 1. The van der Waals surface area contributed by atoms with Gasteiger partial charge in [0.2, 0.25) is 0 Å². The van der Waals surface area contributed by atoms with Crippen LogP contribution in [0.3, 0.4) is 0 Å². The molecule has 10 heteroatoms. The number of hydrogen-bond acceptors (Lipinski definition) is 7. The van der Waals surface area contributed by atoms with Gasteiger partial charge in [-0.25, -0.2) is 19.4 Å². The van der Waals surface area contributed by atoms with Gasteiger partial charge in [0.25, 0.3) is 0 Å². The first-order valence-electron chi connectivity index (χ1n) is 11.5. The number of fused-ring (bicyclic) bond motifs is 3. The van der Waals surface area contributed by atoms with Crippen molar-refractivity contribution >= 4 is 28.6 Å². The smallest absolute Gasteiger partial charge is 0.407 e. The summed E-state index contributed by atoms with van der Waals surface area (Å²) in [6, 6.07) is 17.7. The van der Waals surface area contributed by atoms with Gasteiger partial charge in [-0.2, -0.15) is 0 Å². The van der Waals surface area contributed by atoms with Crippen LogP contribution in [0.25, 0.3) is 16.7 Å². The van der Waals surface area contributed by atoms with Crippen molar-refractivity contribution in [3.63, 3.8) is 0 Å². The standard InChI is InChI=1S/C25H25N7O3/c1-15-27-22(30-12-18-9-17(30)13-31(18)25(33)34)11-23(28-15)32-21-10-19(7-8-20(21)24(26)29-32)35-14-16-5-3-2-4-6-16/h2-8,10-11,17-18H,9,12-14H2,1H3,(H2,26,29)(H,33,34)/t17-,18-/m0/s1. The molecule has 4 aromatic rings. The molecule has 2 saturated heterocycles. The van der Waals surface area contributed by atoms with Crippen LogP contribution in [0.15, 0.2) is 54.6 Å². The van der Waals surface area contributed by atoms with Gasteiger partial charge >= 0.3 is 6.09 Å². The molecule has 0 spiro atoms. The number of aromatic nitrogens is 4. The second kappa shape index (κ2) is 8.15. The lowest BCUT2D eigenvalue weighted by Crippen LogP contribution is -2.48. The van der Waals surface area contributed by atoms with E-state index in [4.69, 9.17) is 10.5 Å². The quantitative estimate of drug-likeness (QED) is 0.455. The zero-order chi connectivity index (χ0) is 24.1. The summed E-state index contributed by atoms with van der Waals surface area (Å²) >= 11 is 0. The number of nitrogens with zero attached hydrogens (tertiary/aromatic N) is 6. The normalized spacial score (nSPS) is 19.0. The van der Waals surface area contributed by atoms with Gasteiger partial charge in [0.05, 0.1) is 17.6 Å². The minimum atomic E-state index is -0.861. The molecule has 178 valence electrons. The third-order valence-corrected chi connectivity index (χ3v) is 6.74. The molecule has 2 aromatic carbocycles. The average Bonchev–Trinajstić information content (AvgIpc) is 3.56. The molecule has 2 fully saturated rings. The fourth-order valence-corrected chi connectivity index (χ4v) is 5.10. The Morgan fingerprint density at radius 1 is 1.09 bits per heavy atom. The number of carbonyl (C=O) groups is 1. The Hall–Kier alpha value is -4.34. The summed E-state index contributed by atoms with van der Waals surface area (Å²) in [7, 11) is 0. The van der Waals surface area contributed by atoms with Crippen molar-refractivity contribution in [3.8, 4) is 11.6 Å². The molecule has 2 aliphatic heterocycles. The van der Waals surface area contributed by atoms with Crippen LogP contribution in [0.4, 0.5) is 16.4 Å². The zero-order valence-electron chi connectivity index (χ0n) is 19.2. The number of rotatable bonds is 5. The van der Waals surface area contributed by atoms with Gasteiger partial charge in [0.15, 0.2) is 11.6 Å². The van der Waals surface area contributed by atoms with Crippen molar-refractivity contribution in [3.05, 3.63) is 66.0 Å². The van der Waals surface area contributed by atoms with E-state index in [1.807, 2.05) is 61.5 Å². The molecule has 3 N–H and O–H groups in total. The maximum Gasteiger partial charge on any atom is 0.407 e. The molecular weight excluding hydrogens is 446 g/mol. The largest absolute Gasteiger partial charge is 0.489 e. The number of ether oxygens (including phenoxy) is 1. The van der Waals surface area contributed by atoms with Gasteiger partial charge in [-0.3, -0.25) is 0 Å². The monoisotopic (exact) mass is 471 g/mol. The Morgan fingerprint density at radius 3 is 2.63 bits per heavy atom. The fourth-order valence-electron chi connectivity index (χ4n) is 5.10. The van der Waals surface area contributed by atoms with Gasteiger partial charge < -0.3 is 25.4 Å². The van der Waals surface area contributed by atoms with Crippen LogP contribution in [0.1, 0.15) is 17.8 Å². The first-order valence-corrected chi connectivity index (χ1v) is 11.5. The highest BCUT2D eigenvalue weighted by atomic mass is 16.5. The number of likely N-dealkylation sites (tertiary alicyclic amines) is 1. The Morgan fingerprint density at radius 2 is 1.89 bits per heavy atom. The number of amides is 1. The maximum atomic E-state index is 11.5. The predicted octanol–water partition coefficient (Wildman–Crippen LogP) is 3.23. The summed E-state index contributed by atoms with van der Waals surface area (Å²) in [5.74, 6) is 3.09. The summed E-state index contributed by atoms with van der Waals surface area (Å²) in [5.41, 5.74) is 8.10. The Balaban J connectivity index is 1.32. The molecule has 10 nitrogen and oxygen atoms in total. The molecule has 35 heavy (non-hydrogen) atoms. The zero-order valence-corrected chi connectivity index (χ0v) is 19.2. The van der Waals surface area contributed by atoms with E-state index in [1.165, 1.54) is 4.90 Å². The van der Waals surface area contributed by atoms with E-state index in [1.54, 1.807) is 4.68 Å². The molecule has 0 unspecified atom stereocenters. The third-order valence-electron chi connectivity index (χ3n) is 6.74. The molecule has 0 aliphatic carbocycles. The van der Waals surface area contributed by atoms with E-state index in [0.29, 0.717) is 42.9 Å². The minimum absolute atomic E-state index is 0.0123. The molecule has 4 heterocycles. The second-order valence-electron chi connectivity index (χ2n) is 9.01. The van der Waals surface area contributed by atoms with E-state index in [2.05, 4.69) is 20.0 Å². The van der Waals surface area contributed by atoms with Crippen LogP contribution >= 0.6 is 0 Å². The van der Waals surface area contributed by atoms with Gasteiger partial charge in [-0.15, -0.1) is 5.10 Å². The maximum absolute atomic E-state index is 11.5. The SMILES string of the molecule is Cc1nc(N2C[C@@H]3C[C@H]2CN3C(=O)O)cc(-n2nc(N)c3ccc(OCc4ccccc4)cc32)n1. The van der Waals surface area contributed by atoms with Crippen LogP contribution in [-0.4, -0.2) is 61.0 Å². The molecule has 2 aliphatic rings. The highest BCUT2D eigenvalue weighted by molar-refractivity contribution is 5.91. The second-order valence-corrected chi connectivity index (χ2v) is 9.01. The van der Waals surface area contributed by atoms with Gasteiger partial charge in [0.1, 0.15) is 24.0 Å². The summed E-state index contributed by atoms with van der Waals surface area (Å²) < 4.78 is 7.73. The van der Waals surface area contributed by atoms with Crippen molar-refractivity contribution in [1.29, 1.82) is 0 Å². The summed E-state index contributed by atoms with van der Waals surface area (Å²) in [6.45, 7) is 3.40. The average molecular weight is 472 g/mol. The topological polar surface area (TPSA) is 123 Å². The number of aryl methyl sites for hydroxylation is 1. The highest BCUT2D eigenvalue weighted by Gasteiger charge is 2.46. The van der Waals surface area contributed by atoms with Gasteiger partial charge in [-0.1, -0.05) is 30.3 Å².